The van der Waals surface area contributed by atoms with Crippen molar-refractivity contribution < 1.29 is 28.0 Å². The lowest BCUT2D eigenvalue weighted by Crippen LogP contribution is -2.14. The summed E-state index contributed by atoms with van der Waals surface area (Å²) < 4.78 is 33.4. The molecule has 13 heteroatoms. The van der Waals surface area contributed by atoms with Crippen LogP contribution in [0.15, 0.2) is 29.6 Å². The number of nitrogens with zero attached hydrogens (tertiary/aromatic N) is 3. The zero-order chi connectivity index (χ0) is 20.3. The van der Waals surface area contributed by atoms with Crippen molar-refractivity contribution in [1.29, 1.82) is 0 Å². The maximum Gasteiger partial charge on any atom is 0.387 e. The monoisotopic (exact) mass is 411 g/mol. The van der Waals surface area contributed by atoms with E-state index in [2.05, 4.69) is 25.2 Å². The lowest BCUT2D eigenvalue weighted by molar-refractivity contribution is -0.386. The van der Waals surface area contributed by atoms with Gasteiger partial charge in [-0.05, 0) is 24.3 Å². The number of hydrogen-bond acceptors (Lipinski definition) is 8. The number of thiazole rings is 1. The number of nitro groups is 1. The molecule has 0 aliphatic carbocycles. The zero-order valence-electron chi connectivity index (χ0n) is 14.0. The maximum atomic E-state index is 12.3. The Morgan fingerprint density at radius 1 is 1.36 bits per heavy atom. The summed E-state index contributed by atoms with van der Waals surface area (Å²) in [5.41, 5.74) is 0.103. The van der Waals surface area contributed by atoms with Gasteiger partial charge < -0.3 is 9.47 Å². The standard InChI is InChI=1S/C15H11F2N5O5S/c1-26-13-11(22(24)25)10(20-21-13)12(23)19-15-18-9(6-28-15)7-2-4-8(5-3-7)27-14(16)17/h2-6,14H,1H3,(H,20,21)(H,18,19,23). The van der Waals surface area contributed by atoms with Gasteiger partial charge >= 0.3 is 18.2 Å². The second-order valence-corrected chi connectivity index (χ2v) is 5.97. The van der Waals surface area contributed by atoms with Crippen LogP contribution in [-0.4, -0.2) is 39.7 Å². The van der Waals surface area contributed by atoms with E-state index >= 15 is 0 Å². The lowest BCUT2D eigenvalue weighted by Gasteiger charge is -2.04. The number of carbonyl (C=O) groups excluding carboxylic acids is 1. The van der Waals surface area contributed by atoms with Gasteiger partial charge in [0.1, 0.15) is 5.75 Å². The molecule has 0 aliphatic rings. The molecule has 0 fully saturated rings. The molecule has 2 aromatic heterocycles. The van der Waals surface area contributed by atoms with Gasteiger partial charge in [-0.1, -0.05) is 0 Å². The third-order valence-corrected chi connectivity index (χ3v) is 4.17. The first-order chi connectivity index (χ1) is 13.4. The number of benzene rings is 1. The topological polar surface area (TPSA) is 132 Å². The highest BCUT2D eigenvalue weighted by Crippen LogP contribution is 2.30. The van der Waals surface area contributed by atoms with Crippen LogP contribution >= 0.6 is 11.3 Å². The Bertz CT molecular complexity index is 1000. The highest BCUT2D eigenvalue weighted by atomic mass is 32.1. The fourth-order valence-electron chi connectivity index (χ4n) is 2.22. The van der Waals surface area contributed by atoms with Gasteiger partial charge in [0.2, 0.25) is 5.69 Å². The molecule has 10 nitrogen and oxygen atoms in total. The van der Waals surface area contributed by atoms with Gasteiger partial charge in [-0.3, -0.25) is 25.3 Å². The number of halogens is 2. The van der Waals surface area contributed by atoms with Crippen LogP contribution < -0.4 is 14.8 Å². The van der Waals surface area contributed by atoms with Gasteiger partial charge in [0.05, 0.1) is 17.7 Å². The summed E-state index contributed by atoms with van der Waals surface area (Å²) in [5, 5.41) is 21.2. The Kier molecular flexibility index (Phi) is 5.44. The van der Waals surface area contributed by atoms with Crippen molar-refractivity contribution in [2.24, 2.45) is 0 Å². The Morgan fingerprint density at radius 2 is 2.07 bits per heavy atom. The van der Waals surface area contributed by atoms with E-state index in [-0.39, 0.29) is 22.5 Å². The van der Waals surface area contributed by atoms with Crippen LogP contribution in [0.2, 0.25) is 0 Å². The molecule has 0 spiro atoms. The van der Waals surface area contributed by atoms with Crippen LogP contribution in [0.4, 0.5) is 19.6 Å². The van der Waals surface area contributed by atoms with Crippen molar-refractivity contribution in [2.75, 3.05) is 12.4 Å². The third-order valence-electron chi connectivity index (χ3n) is 3.41. The number of H-pyrrole nitrogens is 1. The summed E-state index contributed by atoms with van der Waals surface area (Å²) in [5.74, 6) is -1.13. The van der Waals surface area contributed by atoms with Gasteiger partial charge in [0.25, 0.3) is 5.91 Å². The van der Waals surface area contributed by atoms with Crippen LogP contribution in [0, 0.1) is 10.1 Å². The average molecular weight is 411 g/mol. The molecule has 3 rings (SSSR count). The van der Waals surface area contributed by atoms with Crippen LogP contribution in [0.3, 0.4) is 0 Å². The fraction of sp³-hybridized carbons (Fsp3) is 0.133. The third kappa shape index (κ3) is 4.03. The zero-order valence-corrected chi connectivity index (χ0v) is 14.8. The first kappa shape index (κ1) is 19.2. The minimum atomic E-state index is -2.92. The summed E-state index contributed by atoms with van der Waals surface area (Å²) in [6.07, 6.45) is 0. The molecule has 2 heterocycles. The van der Waals surface area contributed by atoms with Crippen molar-refractivity contribution in [3.8, 4) is 22.9 Å². The number of anilines is 1. The lowest BCUT2D eigenvalue weighted by atomic mass is 10.2. The van der Waals surface area contributed by atoms with Crippen molar-refractivity contribution in [3.05, 3.63) is 45.5 Å². The Labute approximate surface area is 159 Å². The highest BCUT2D eigenvalue weighted by molar-refractivity contribution is 7.14. The first-order valence-electron chi connectivity index (χ1n) is 7.48. The fourth-order valence-corrected chi connectivity index (χ4v) is 2.93. The molecule has 1 aromatic carbocycles. The van der Waals surface area contributed by atoms with E-state index in [1.165, 1.54) is 31.4 Å². The average Bonchev–Trinajstić information content (AvgIpc) is 3.28. The van der Waals surface area contributed by atoms with E-state index in [1.807, 2.05) is 0 Å². The normalized spacial score (nSPS) is 10.7. The number of hydrogen-bond donors (Lipinski definition) is 2. The summed E-state index contributed by atoms with van der Waals surface area (Å²) in [6.45, 7) is -2.92. The van der Waals surface area contributed by atoms with Crippen LogP contribution in [-0.2, 0) is 0 Å². The van der Waals surface area contributed by atoms with Gasteiger partial charge in [-0.25, -0.2) is 4.98 Å². The number of aromatic nitrogens is 3. The van der Waals surface area contributed by atoms with Crippen molar-refractivity contribution in [1.82, 2.24) is 15.2 Å². The Morgan fingerprint density at radius 3 is 2.68 bits per heavy atom. The van der Waals surface area contributed by atoms with Gasteiger partial charge in [0.15, 0.2) is 5.13 Å². The largest absolute Gasteiger partial charge is 0.475 e. The van der Waals surface area contributed by atoms with Gasteiger partial charge in [-0.15, -0.1) is 16.4 Å². The van der Waals surface area contributed by atoms with Crippen LogP contribution in [0.25, 0.3) is 11.3 Å². The predicted molar refractivity (Wildman–Crippen MR) is 93.9 cm³/mol. The quantitative estimate of drug-likeness (QED) is 0.450. The van der Waals surface area contributed by atoms with E-state index < -0.39 is 23.1 Å². The van der Waals surface area contributed by atoms with Crippen LogP contribution in [0.5, 0.6) is 11.6 Å². The molecular weight excluding hydrogens is 400 g/mol. The van der Waals surface area contributed by atoms with Gasteiger partial charge in [-0.2, -0.15) is 8.78 Å². The van der Waals surface area contributed by atoms with E-state index in [9.17, 15) is 23.7 Å². The number of rotatable bonds is 7. The van der Waals surface area contributed by atoms with E-state index in [0.717, 1.165) is 11.3 Å². The summed E-state index contributed by atoms with van der Waals surface area (Å²) in [4.78, 5) is 26.8. The molecule has 3 aromatic rings. The van der Waals surface area contributed by atoms with Gasteiger partial charge in [0, 0.05) is 10.9 Å². The number of alkyl halides is 2. The SMILES string of the molecule is COc1n[nH]c(C(=O)Nc2nc(-c3ccc(OC(F)F)cc3)cs2)c1[N+](=O)[O-]. The number of carbonyl (C=O) groups is 1. The van der Waals surface area contributed by atoms with Crippen molar-refractivity contribution in [3.63, 3.8) is 0 Å². The molecule has 146 valence electrons. The molecule has 0 radical (unpaired) electrons. The van der Waals surface area contributed by atoms with Crippen LogP contribution in [0.1, 0.15) is 10.5 Å². The molecule has 1 amide bonds. The molecule has 0 bridgehead atoms. The molecule has 0 unspecified atom stereocenters. The second kappa shape index (κ2) is 7.96. The number of amides is 1. The van der Waals surface area contributed by atoms with Crippen molar-refractivity contribution >= 4 is 28.1 Å². The first-order valence-corrected chi connectivity index (χ1v) is 8.36. The number of nitrogens with one attached hydrogen (secondary N) is 2. The molecule has 0 atom stereocenters. The van der Waals surface area contributed by atoms with E-state index in [0.29, 0.717) is 11.3 Å². The van der Waals surface area contributed by atoms with E-state index in [4.69, 9.17) is 4.74 Å². The number of methoxy groups -OCH3 is 1. The summed E-state index contributed by atoms with van der Waals surface area (Å²) in [7, 11) is 1.19. The number of aromatic amines is 1. The highest BCUT2D eigenvalue weighted by Gasteiger charge is 2.30. The molecule has 2 N–H and O–H groups in total. The molecule has 0 saturated heterocycles. The Hall–Kier alpha value is -3.61. The predicted octanol–water partition coefficient (Wildman–Crippen LogP) is 3.30. The summed E-state index contributed by atoms with van der Waals surface area (Å²) >= 11 is 1.08. The minimum absolute atomic E-state index is 0.00278. The minimum Gasteiger partial charge on any atom is -0.475 e. The maximum absolute atomic E-state index is 12.3. The molecule has 0 saturated carbocycles. The molecular formula is C15H11F2N5O5S. The number of ether oxygens (including phenoxy) is 2. The second-order valence-electron chi connectivity index (χ2n) is 5.11. The van der Waals surface area contributed by atoms with E-state index in [1.54, 1.807) is 5.38 Å². The molecule has 28 heavy (non-hydrogen) atoms. The van der Waals surface area contributed by atoms with Crippen molar-refractivity contribution in [2.45, 2.75) is 6.61 Å². The smallest absolute Gasteiger partial charge is 0.387 e. The Balaban J connectivity index is 1.75. The summed E-state index contributed by atoms with van der Waals surface area (Å²) in [6, 6.07) is 5.78. The molecule has 0 aliphatic heterocycles.